The van der Waals surface area contributed by atoms with Gasteiger partial charge in [0.15, 0.2) is 0 Å². The molecule has 5 heteroatoms. The molecule has 0 saturated carbocycles. The van der Waals surface area contributed by atoms with Crippen LogP contribution in [0.15, 0.2) is 39.9 Å². The van der Waals surface area contributed by atoms with E-state index in [4.69, 9.17) is 10.7 Å². The highest BCUT2D eigenvalue weighted by Gasteiger charge is 2.18. The number of hydrogen-bond donors (Lipinski definition) is 0. The molecular weight excluding hydrogens is 276 g/mol. The van der Waals surface area contributed by atoms with Crippen molar-refractivity contribution in [2.24, 2.45) is 0 Å². The second-order valence-electron chi connectivity index (χ2n) is 3.61. The van der Waals surface area contributed by atoms with Gasteiger partial charge < -0.3 is 0 Å². The molecule has 0 aliphatic heterocycles. The highest BCUT2D eigenvalue weighted by molar-refractivity contribution is 8.15. The summed E-state index contributed by atoms with van der Waals surface area (Å²) >= 11 is 1.14. The van der Waals surface area contributed by atoms with Crippen LogP contribution in [-0.2, 0) is 15.5 Å². The van der Waals surface area contributed by atoms with Crippen molar-refractivity contribution in [1.82, 2.24) is 0 Å². The maximum Gasteiger partial charge on any atom is 0.271 e. The van der Waals surface area contributed by atoms with E-state index in [0.717, 1.165) is 23.3 Å². The standard InChI is InChI=1S/C12H11ClO2S2/c1-2-9-3-5-10(6-4-9)11-7-8-16-12(11)17(13,14)15/h3-8H,2H2,1H3. The Hall–Kier alpha value is -0.840. The maximum atomic E-state index is 11.4. The Balaban J connectivity index is 2.50. The van der Waals surface area contributed by atoms with Gasteiger partial charge in [0.25, 0.3) is 9.05 Å². The van der Waals surface area contributed by atoms with Gasteiger partial charge in [0.1, 0.15) is 4.21 Å². The van der Waals surface area contributed by atoms with Crippen LogP contribution in [0.25, 0.3) is 11.1 Å². The summed E-state index contributed by atoms with van der Waals surface area (Å²) in [4.78, 5) is 0. The average molecular weight is 287 g/mol. The van der Waals surface area contributed by atoms with E-state index in [1.54, 1.807) is 11.4 Å². The van der Waals surface area contributed by atoms with Gasteiger partial charge in [-0.15, -0.1) is 11.3 Å². The van der Waals surface area contributed by atoms with Crippen molar-refractivity contribution in [3.8, 4) is 11.1 Å². The SMILES string of the molecule is CCc1ccc(-c2ccsc2S(=O)(=O)Cl)cc1. The fourth-order valence-corrected chi connectivity index (χ4v) is 3.91. The Kier molecular flexibility index (Phi) is 3.56. The predicted molar refractivity (Wildman–Crippen MR) is 72.2 cm³/mol. The van der Waals surface area contributed by atoms with Gasteiger partial charge in [0.05, 0.1) is 0 Å². The molecule has 0 amide bonds. The highest BCUT2D eigenvalue weighted by atomic mass is 35.7. The smallest absolute Gasteiger partial charge is 0.206 e. The molecule has 0 unspecified atom stereocenters. The molecule has 0 spiro atoms. The highest BCUT2D eigenvalue weighted by Crippen LogP contribution is 2.34. The quantitative estimate of drug-likeness (QED) is 0.802. The van der Waals surface area contributed by atoms with Crippen molar-refractivity contribution in [2.45, 2.75) is 17.6 Å². The first-order chi connectivity index (χ1) is 8.02. The summed E-state index contributed by atoms with van der Waals surface area (Å²) in [5, 5.41) is 1.73. The van der Waals surface area contributed by atoms with E-state index in [1.165, 1.54) is 5.56 Å². The second kappa shape index (κ2) is 4.80. The van der Waals surface area contributed by atoms with E-state index in [1.807, 2.05) is 24.3 Å². The van der Waals surface area contributed by atoms with Crippen LogP contribution >= 0.6 is 22.0 Å². The van der Waals surface area contributed by atoms with Gasteiger partial charge in [-0.1, -0.05) is 31.2 Å². The zero-order valence-electron chi connectivity index (χ0n) is 9.18. The van der Waals surface area contributed by atoms with Crippen LogP contribution in [0.5, 0.6) is 0 Å². The summed E-state index contributed by atoms with van der Waals surface area (Å²) in [5.74, 6) is 0. The first kappa shape index (κ1) is 12.6. The number of aryl methyl sites for hydroxylation is 1. The van der Waals surface area contributed by atoms with Crippen LogP contribution in [0.1, 0.15) is 12.5 Å². The normalized spacial score (nSPS) is 11.6. The summed E-state index contributed by atoms with van der Waals surface area (Å²) in [6.07, 6.45) is 0.963. The Morgan fingerprint density at radius 3 is 2.35 bits per heavy atom. The molecule has 2 aromatic rings. The average Bonchev–Trinajstić information content (AvgIpc) is 2.78. The summed E-state index contributed by atoms with van der Waals surface area (Å²) < 4.78 is 23.0. The van der Waals surface area contributed by atoms with E-state index >= 15 is 0 Å². The molecule has 0 N–H and O–H groups in total. The number of halogens is 1. The number of thiophene rings is 1. The first-order valence-corrected chi connectivity index (χ1v) is 8.32. The van der Waals surface area contributed by atoms with Crippen molar-refractivity contribution in [3.05, 3.63) is 41.3 Å². The van der Waals surface area contributed by atoms with Gasteiger partial charge >= 0.3 is 0 Å². The van der Waals surface area contributed by atoms with Crippen LogP contribution in [-0.4, -0.2) is 8.42 Å². The molecule has 1 aromatic carbocycles. The second-order valence-corrected chi connectivity index (χ2v) is 7.29. The predicted octanol–water partition coefficient (Wildman–Crippen LogP) is 3.91. The molecular formula is C12H11ClO2S2. The number of rotatable bonds is 3. The van der Waals surface area contributed by atoms with Gasteiger partial charge in [-0.05, 0) is 29.0 Å². The third-order valence-electron chi connectivity index (χ3n) is 2.52. The maximum absolute atomic E-state index is 11.4. The van der Waals surface area contributed by atoms with Gasteiger partial charge in [-0.3, -0.25) is 0 Å². The third kappa shape index (κ3) is 2.70. The molecule has 0 atom stereocenters. The van der Waals surface area contributed by atoms with Gasteiger partial charge in [0.2, 0.25) is 0 Å². The largest absolute Gasteiger partial charge is 0.271 e. The van der Waals surface area contributed by atoms with Crippen molar-refractivity contribution >= 4 is 31.1 Å². The lowest BCUT2D eigenvalue weighted by molar-refractivity contribution is 0.611. The summed E-state index contributed by atoms with van der Waals surface area (Å²) in [7, 11) is 1.73. The van der Waals surface area contributed by atoms with Crippen LogP contribution in [0.4, 0.5) is 0 Å². The van der Waals surface area contributed by atoms with Crippen LogP contribution in [0.2, 0.25) is 0 Å². The molecule has 0 aliphatic carbocycles. The molecule has 0 bridgehead atoms. The topological polar surface area (TPSA) is 34.1 Å². The van der Waals surface area contributed by atoms with Crippen molar-refractivity contribution in [2.75, 3.05) is 0 Å². The first-order valence-electron chi connectivity index (χ1n) is 5.14. The zero-order chi connectivity index (χ0) is 12.5. The Bertz CT molecular complexity index is 612. The molecule has 1 aromatic heterocycles. The summed E-state index contributed by atoms with van der Waals surface area (Å²) in [6.45, 7) is 2.08. The minimum atomic E-state index is -3.66. The van der Waals surface area contributed by atoms with Crippen molar-refractivity contribution < 1.29 is 8.42 Å². The Morgan fingerprint density at radius 2 is 1.82 bits per heavy atom. The Morgan fingerprint density at radius 1 is 1.18 bits per heavy atom. The molecule has 0 radical (unpaired) electrons. The summed E-state index contributed by atoms with van der Waals surface area (Å²) in [6, 6.07) is 9.62. The lowest BCUT2D eigenvalue weighted by Crippen LogP contribution is -1.89. The number of benzene rings is 1. The molecule has 2 rings (SSSR count). The van der Waals surface area contributed by atoms with Crippen LogP contribution < -0.4 is 0 Å². The van der Waals surface area contributed by atoms with Gasteiger partial charge in [0, 0.05) is 16.2 Å². The minimum Gasteiger partial charge on any atom is -0.206 e. The molecule has 1 heterocycles. The monoisotopic (exact) mass is 286 g/mol. The van der Waals surface area contributed by atoms with Gasteiger partial charge in [-0.25, -0.2) is 8.42 Å². The fraction of sp³-hybridized carbons (Fsp3) is 0.167. The minimum absolute atomic E-state index is 0.211. The van der Waals surface area contributed by atoms with E-state index in [9.17, 15) is 8.42 Å². The lowest BCUT2D eigenvalue weighted by Gasteiger charge is -2.02. The van der Waals surface area contributed by atoms with E-state index in [0.29, 0.717) is 5.56 Å². The van der Waals surface area contributed by atoms with E-state index in [2.05, 4.69) is 6.92 Å². The molecule has 0 saturated heterocycles. The van der Waals surface area contributed by atoms with Crippen molar-refractivity contribution in [3.63, 3.8) is 0 Å². The molecule has 17 heavy (non-hydrogen) atoms. The van der Waals surface area contributed by atoms with Crippen LogP contribution in [0.3, 0.4) is 0 Å². The molecule has 0 aliphatic rings. The summed E-state index contributed by atoms with van der Waals surface area (Å²) in [5.41, 5.74) is 2.77. The lowest BCUT2D eigenvalue weighted by atomic mass is 10.1. The molecule has 0 fully saturated rings. The fourth-order valence-electron chi connectivity index (χ4n) is 1.62. The zero-order valence-corrected chi connectivity index (χ0v) is 11.6. The molecule has 90 valence electrons. The van der Waals surface area contributed by atoms with Crippen LogP contribution in [0, 0.1) is 0 Å². The third-order valence-corrected chi connectivity index (χ3v) is 5.58. The molecule has 2 nitrogen and oxygen atoms in total. The van der Waals surface area contributed by atoms with Gasteiger partial charge in [-0.2, -0.15) is 0 Å². The Labute approximate surface area is 109 Å². The van der Waals surface area contributed by atoms with E-state index in [-0.39, 0.29) is 4.21 Å². The van der Waals surface area contributed by atoms with Crippen molar-refractivity contribution in [1.29, 1.82) is 0 Å². The number of hydrogen-bond acceptors (Lipinski definition) is 3. The van der Waals surface area contributed by atoms with E-state index < -0.39 is 9.05 Å².